The highest BCUT2D eigenvalue weighted by molar-refractivity contribution is 6.04. The molecule has 2 aromatic heterocycles. The van der Waals surface area contributed by atoms with Gasteiger partial charge in [0, 0.05) is 60.6 Å². The smallest absolute Gasteiger partial charge is 0.416 e. The molecule has 0 spiro atoms. The third kappa shape index (κ3) is 6.49. The zero-order chi connectivity index (χ0) is 28.1. The van der Waals surface area contributed by atoms with Crippen LogP contribution in [0.25, 0.3) is 16.8 Å². The first-order chi connectivity index (χ1) is 19.3. The molecule has 1 aliphatic rings. The molecule has 208 valence electrons. The molecule has 0 saturated carbocycles. The molecule has 3 heterocycles. The number of rotatable bonds is 8. The summed E-state index contributed by atoms with van der Waals surface area (Å²) in [6, 6.07) is 11.4. The first-order valence-corrected chi connectivity index (χ1v) is 12.8. The van der Waals surface area contributed by atoms with Crippen molar-refractivity contribution in [3.8, 4) is 22.6 Å². The monoisotopic (exact) mass is 551 g/mol. The SMILES string of the molecule is Cc1ccc(NC(=O)c2cccc(C(F)(F)F)c2)cc1-n1cc(-c2cnccc2OCCN2CCOCC2)cn1. The van der Waals surface area contributed by atoms with Gasteiger partial charge in [-0.15, -0.1) is 0 Å². The average molecular weight is 552 g/mol. The second-order valence-corrected chi connectivity index (χ2v) is 9.38. The molecule has 4 aromatic rings. The van der Waals surface area contributed by atoms with Gasteiger partial charge in [-0.1, -0.05) is 12.1 Å². The quantitative estimate of drug-likeness (QED) is 0.323. The molecule has 11 heteroatoms. The van der Waals surface area contributed by atoms with Crippen molar-refractivity contribution in [2.45, 2.75) is 13.1 Å². The van der Waals surface area contributed by atoms with Crippen molar-refractivity contribution in [1.82, 2.24) is 19.7 Å². The van der Waals surface area contributed by atoms with Crippen LogP contribution in [0.3, 0.4) is 0 Å². The van der Waals surface area contributed by atoms with Crippen molar-refractivity contribution in [1.29, 1.82) is 0 Å². The molecule has 1 amide bonds. The highest BCUT2D eigenvalue weighted by Crippen LogP contribution is 2.31. The Morgan fingerprint density at radius 1 is 1.10 bits per heavy atom. The molecule has 8 nitrogen and oxygen atoms in total. The first kappa shape index (κ1) is 27.4. The Hall–Kier alpha value is -4.22. The standard InChI is InChI=1S/C29H28F3N5O3/c1-20-5-6-24(35-28(38)21-3-2-4-23(15-21)29(30,31)32)16-26(20)37-19-22(17-34-37)25-18-33-8-7-27(25)40-14-11-36-9-12-39-13-10-36/h2-8,15-19H,9-14H2,1H3,(H,35,38). The summed E-state index contributed by atoms with van der Waals surface area (Å²) in [5, 5.41) is 7.19. The lowest BCUT2D eigenvalue weighted by Gasteiger charge is -2.26. The summed E-state index contributed by atoms with van der Waals surface area (Å²) in [6.07, 6.45) is 2.42. The van der Waals surface area contributed by atoms with Gasteiger partial charge in [-0.3, -0.25) is 14.7 Å². The van der Waals surface area contributed by atoms with E-state index in [0.29, 0.717) is 23.7 Å². The number of aryl methyl sites for hydroxylation is 1. The Balaban J connectivity index is 1.31. The van der Waals surface area contributed by atoms with E-state index in [1.165, 1.54) is 12.1 Å². The number of ether oxygens (including phenoxy) is 2. The number of benzene rings is 2. The van der Waals surface area contributed by atoms with Gasteiger partial charge in [-0.25, -0.2) is 4.68 Å². The fraction of sp³-hybridized carbons (Fsp3) is 0.276. The number of carbonyl (C=O) groups excluding carboxylic acids is 1. The number of amides is 1. The lowest BCUT2D eigenvalue weighted by molar-refractivity contribution is -0.137. The van der Waals surface area contributed by atoms with E-state index in [-0.39, 0.29) is 5.56 Å². The van der Waals surface area contributed by atoms with E-state index in [2.05, 4.69) is 20.3 Å². The number of anilines is 1. The Kier molecular flexibility index (Phi) is 8.13. The minimum absolute atomic E-state index is 0.0870. The third-order valence-electron chi connectivity index (χ3n) is 6.61. The predicted molar refractivity (Wildman–Crippen MR) is 144 cm³/mol. The number of alkyl halides is 3. The molecule has 0 bridgehead atoms. The van der Waals surface area contributed by atoms with Gasteiger partial charge in [0.15, 0.2) is 0 Å². The van der Waals surface area contributed by atoms with E-state index in [0.717, 1.165) is 61.7 Å². The highest BCUT2D eigenvalue weighted by Gasteiger charge is 2.31. The zero-order valence-corrected chi connectivity index (χ0v) is 21.8. The van der Waals surface area contributed by atoms with Crippen molar-refractivity contribution in [2.24, 2.45) is 0 Å². The number of nitrogens with one attached hydrogen (secondary N) is 1. The summed E-state index contributed by atoms with van der Waals surface area (Å²) in [5.74, 6) is 0.0536. The Morgan fingerprint density at radius 3 is 2.73 bits per heavy atom. The average Bonchev–Trinajstić information content (AvgIpc) is 3.44. The number of hydrogen-bond acceptors (Lipinski definition) is 6. The maximum absolute atomic E-state index is 13.1. The summed E-state index contributed by atoms with van der Waals surface area (Å²) < 4.78 is 52.4. The molecule has 1 aliphatic heterocycles. The van der Waals surface area contributed by atoms with Crippen molar-refractivity contribution < 1.29 is 27.4 Å². The number of carbonyl (C=O) groups is 1. The van der Waals surface area contributed by atoms with Crippen LogP contribution in [-0.2, 0) is 10.9 Å². The predicted octanol–water partition coefficient (Wildman–Crippen LogP) is 5.22. The molecular weight excluding hydrogens is 523 g/mol. The van der Waals surface area contributed by atoms with E-state index in [1.54, 1.807) is 35.4 Å². The fourth-order valence-electron chi connectivity index (χ4n) is 4.40. The highest BCUT2D eigenvalue weighted by atomic mass is 19.4. The van der Waals surface area contributed by atoms with Gasteiger partial charge in [0.25, 0.3) is 5.91 Å². The van der Waals surface area contributed by atoms with Gasteiger partial charge in [0.1, 0.15) is 12.4 Å². The van der Waals surface area contributed by atoms with Crippen LogP contribution in [0.1, 0.15) is 21.5 Å². The fourth-order valence-corrected chi connectivity index (χ4v) is 4.40. The maximum Gasteiger partial charge on any atom is 0.416 e. The van der Waals surface area contributed by atoms with Crippen LogP contribution in [0.4, 0.5) is 18.9 Å². The molecule has 5 rings (SSSR count). The number of aromatic nitrogens is 3. The Labute approximate surface area is 229 Å². The molecule has 0 unspecified atom stereocenters. The third-order valence-corrected chi connectivity index (χ3v) is 6.61. The first-order valence-electron chi connectivity index (χ1n) is 12.8. The van der Waals surface area contributed by atoms with Crippen LogP contribution >= 0.6 is 0 Å². The van der Waals surface area contributed by atoms with Crippen molar-refractivity contribution in [3.05, 3.63) is 90.0 Å². The van der Waals surface area contributed by atoms with Crippen LogP contribution in [0.15, 0.2) is 73.3 Å². The lowest BCUT2D eigenvalue weighted by atomic mass is 10.1. The van der Waals surface area contributed by atoms with E-state index in [4.69, 9.17) is 9.47 Å². The van der Waals surface area contributed by atoms with Gasteiger partial charge in [-0.2, -0.15) is 18.3 Å². The van der Waals surface area contributed by atoms with E-state index < -0.39 is 17.6 Å². The normalized spacial score (nSPS) is 14.2. The number of pyridine rings is 1. The van der Waals surface area contributed by atoms with E-state index in [1.807, 2.05) is 25.3 Å². The van der Waals surface area contributed by atoms with Gasteiger partial charge >= 0.3 is 6.18 Å². The number of hydrogen-bond donors (Lipinski definition) is 1. The van der Waals surface area contributed by atoms with Crippen molar-refractivity contribution >= 4 is 11.6 Å². The van der Waals surface area contributed by atoms with E-state index in [9.17, 15) is 18.0 Å². The largest absolute Gasteiger partial charge is 0.491 e. The van der Waals surface area contributed by atoms with Crippen LogP contribution in [0, 0.1) is 6.92 Å². The summed E-state index contributed by atoms with van der Waals surface area (Å²) >= 11 is 0. The maximum atomic E-state index is 13.1. The molecule has 40 heavy (non-hydrogen) atoms. The van der Waals surface area contributed by atoms with Crippen LogP contribution in [0.2, 0.25) is 0 Å². The molecule has 0 atom stereocenters. The van der Waals surface area contributed by atoms with E-state index >= 15 is 0 Å². The topological polar surface area (TPSA) is 81.5 Å². The van der Waals surface area contributed by atoms with Crippen LogP contribution in [0.5, 0.6) is 5.75 Å². The lowest BCUT2D eigenvalue weighted by Crippen LogP contribution is -2.38. The summed E-state index contributed by atoms with van der Waals surface area (Å²) in [7, 11) is 0. The van der Waals surface area contributed by atoms with Gasteiger partial charge < -0.3 is 14.8 Å². The molecule has 0 radical (unpaired) electrons. The molecule has 1 fully saturated rings. The minimum Gasteiger partial charge on any atom is -0.491 e. The molecule has 2 aromatic carbocycles. The zero-order valence-electron chi connectivity index (χ0n) is 21.8. The Bertz CT molecular complexity index is 1480. The summed E-state index contributed by atoms with van der Waals surface area (Å²) in [6.45, 7) is 6.46. The van der Waals surface area contributed by atoms with Crippen LogP contribution < -0.4 is 10.1 Å². The molecule has 0 aliphatic carbocycles. The summed E-state index contributed by atoms with van der Waals surface area (Å²) in [4.78, 5) is 19.3. The second-order valence-electron chi connectivity index (χ2n) is 9.38. The van der Waals surface area contributed by atoms with Gasteiger partial charge in [0.05, 0.1) is 30.7 Å². The Morgan fingerprint density at radius 2 is 1.93 bits per heavy atom. The van der Waals surface area contributed by atoms with Crippen molar-refractivity contribution in [3.63, 3.8) is 0 Å². The summed E-state index contributed by atoms with van der Waals surface area (Å²) in [5.41, 5.74) is 2.64. The molecule has 1 N–H and O–H groups in total. The molecule has 1 saturated heterocycles. The van der Waals surface area contributed by atoms with Crippen LogP contribution in [-0.4, -0.2) is 65.0 Å². The minimum atomic E-state index is -4.53. The van der Waals surface area contributed by atoms with Gasteiger partial charge in [0.2, 0.25) is 0 Å². The van der Waals surface area contributed by atoms with Gasteiger partial charge in [-0.05, 0) is 48.9 Å². The number of morpholine rings is 1. The van der Waals surface area contributed by atoms with Crippen molar-refractivity contribution in [2.75, 3.05) is 44.8 Å². The number of nitrogens with zero attached hydrogens (tertiary/aromatic N) is 4. The number of halogens is 3. The second kappa shape index (κ2) is 11.9. The molecular formula is C29H28F3N5O3.